The number of anilines is 1. The molecule has 4 rings (SSSR count). The molecule has 158 valence electrons. The van der Waals surface area contributed by atoms with Crippen molar-refractivity contribution in [1.82, 2.24) is 4.98 Å². The number of aromatic nitrogens is 1. The van der Waals surface area contributed by atoms with Gasteiger partial charge in [-0.3, -0.25) is 24.3 Å². The van der Waals surface area contributed by atoms with Gasteiger partial charge in [0.15, 0.2) is 0 Å². The molecule has 0 aliphatic carbocycles. The first-order chi connectivity index (χ1) is 14.9. The van der Waals surface area contributed by atoms with Crippen LogP contribution in [0.25, 0.3) is 11.1 Å². The van der Waals surface area contributed by atoms with Crippen molar-refractivity contribution in [3.63, 3.8) is 0 Å². The van der Waals surface area contributed by atoms with Crippen LogP contribution in [0.15, 0.2) is 69.2 Å². The molecule has 3 aromatic rings. The molecule has 1 fully saturated rings. The molecule has 0 bridgehead atoms. The van der Waals surface area contributed by atoms with Crippen LogP contribution in [0.3, 0.4) is 0 Å². The number of aromatic amines is 1. The van der Waals surface area contributed by atoms with Gasteiger partial charge in [-0.15, -0.1) is 0 Å². The van der Waals surface area contributed by atoms with Gasteiger partial charge < -0.3 is 4.98 Å². The van der Waals surface area contributed by atoms with E-state index in [4.69, 9.17) is 0 Å². The van der Waals surface area contributed by atoms with Gasteiger partial charge in [0, 0.05) is 30.2 Å². The maximum atomic E-state index is 13.2. The van der Waals surface area contributed by atoms with Crippen molar-refractivity contribution in [3.05, 3.63) is 75.3 Å². The van der Waals surface area contributed by atoms with E-state index in [2.05, 4.69) is 15.4 Å². The predicted octanol–water partition coefficient (Wildman–Crippen LogP) is 4.10. The average molecular weight is 434 g/mol. The van der Waals surface area contributed by atoms with Crippen molar-refractivity contribution in [2.45, 2.75) is 19.9 Å². The van der Waals surface area contributed by atoms with Gasteiger partial charge in [0.1, 0.15) is 0 Å². The fraction of sp³-hybridized carbons (Fsp3) is 0.250. The Labute approximate surface area is 184 Å². The number of ketones is 1. The molecule has 1 saturated heterocycles. The van der Waals surface area contributed by atoms with Gasteiger partial charge in [0.2, 0.25) is 5.78 Å². The number of Topliss-reactive ketones (excluding diaryl/α,β-unsaturated/α-hetero) is 1. The number of nitrogens with zero attached hydrogens (tertiary/aromatic N) is 2. The van der Waals surface area contributed by atoms with Crippen LogP contribution in [0.2, 0.25) is 0 Å². The van der Waals surface area contributed by atoms with Crippen molar-refractivity contribution < 1.29 is 9.59 Å². The van der Waals surface area contributed by atoms with E-state index in [9.17, 15) is 14.4 Å². The third-order valence-electron chi connectivity index (χ3n) is 5.64. The van der Waals surface area contributed by atoms with E-state index < -0.39 is 23.7 Å². The molecule has 31 heavy (non-hydrogen) atoms. The van der Waals surface area contributed by atoms with E-state index in [1.807, 2.05) is 49.6 Å². The van der Waals surface area contributed by atoms with Crippen LogP contribution in [-0.4, -0.2) is 29.4 Å². The molecule has 0 spiro atoms. The molecule has 1 N–H and O–H groups in total. The molecule has 1 aliphatic heterocycles. The van der Waals surface area contributed by atoms with E-state index >= 15 is 0 Å². The zero-order chi connectivity index (χ0) is 22.1. The second-order valence-corrected chi connectivity index (χ2v) is 8.56. The summed E-state index contributed by atoms with van der Waals surface area (Å²) in [5, 5.41) is 4.06. The topological polar surface area (TPSA) is 82.6 Å². The number of rotatable bonds is 5. The van der Waals surface area contributed by atoms with Gasteiger partial charge in [-0.05, 0) is 58.1 Å². The maximum absolute atomic E-state index is 13.2. The lowest BCUT2D eigenvalue weighted by Gasteiger charge is -2.28. The summed E-state index contributed by atoms with van der Waals surface area (Å²) in [5.41, 5.74) is 3.35. The van der Waals surface area contributed by atoms with Gasteiger partial charge in [-0.2, -0.15) is 11.3 Å². The fourth-order valence-electron chi connectivity index (χ4n) is 4.23. The van der Waals surface area contributed by atoms with Gasteiger partial charge in [-0.25, -0.2) is 0 Å². The van der Waals surface area contributed by atoms with E-state index in [1.54, 1.807) is 30.5 Å². The second-order valence-electron chi connectivity index (χ2n) is 7.78. The summed E-state index contributed by atoms with van der Waals surface area (Å²) in [6, 6.07) is 12.1. The number of hydrogen-bond donors (Lipinski definition) is 1. The van der Waals surface area contributed by atoms with Gasteiger partial charge >= 0.3 is 0 Å². The highest BCUT2D eigenvalue weighted by Gasteiger charge is 2.52. The minimum absolute atomic E-state index is 0.0436. The van der Waals surface area contributed by atoms with Crippen LogP contribution in [-0.2, 0) is 9.59 Å². The molecule has 1 amide bonds. The lowest BCUT2D eigenvalue weighted by Crippen LogP contribution is -2.35. The van der Waals surface area contributed by atoms with Gasteiger partial charge in [0.25, 0.3) is 11.5 Å². The SMILES string of the molecule is CN=C(C(C)C)C1C(=O)C(=O)N(c2ccc(-c3ccsc3)cc2)C1c1ccc[nH]c1=O. The summed E-state index contributed by atoms with van der Waals surface area (Å²) in [5.74, 6) is -2.01. The van der Waals surface area contributed by atoms with Gasteiger partial charge in [0.05, 0.1) is 12.0 Å². The number of aliphatic imine (C=N–C) groups is 1. The molecular weight excluding hydrogens is 410 g/mol. The van der Waals surface area contributed by atoms with Crippen LogP contribution in [0.1, 0.15) is 25.5 Å². The molecule has 3 heterocycles. The smallest absolute Gasteiger partial charge is 0.295 e. The third kappa shape index (κ3) is 3.65. The van der Waals surface area contributed by atoms with Crippen molar-refractivity contribution in [2.75, 3.05) is 11.9 Å². The highest BCUT2D eigenvalue weighted by atomic mass is 32.1. The van der Waals surface area contributed by atoms with Crippen molar-refractivity contribution in [3.8, 4) is 11.1 Å². The molecular formula is C24H23N3O3S. The first-order valence-electron chi connectivity index (χ1n) is 10.1. The third-order valence-corrected chi connectivity index (χ3v) is 6.32. The normalized spacial score (nSPS) is 19.5. The predicted molar refractivity (Wildman–Crippen MR) is 124 cm³/mol. The Bertz CT molecular complexity index is 1190. The number of amides is 1. The number of thiophene rings is 1. The summed E-state index contributed by atoms with van der Waals surface area (Å²) in [6.07, 6.45) is 1.54. The summed E-state index contributed by atoms with van der Waals surface area (Å²) in [6.45, 7) is 3.87. The van der Waals surface area contributed by atoms with E-state index in [0.29, 0.717) is 17.0 Å². The molecule has 2 unspecified atom stereocenters. The number of pyridine rings is 1. The zero-order valence-electron chi connectivity index (χ0n) is 17.5. The van der Waals surface area contributed by atoms with E-state index in [1.165, 1.54) is 11.1 Å². The van der Waals surface area contributed by atoms with E-state index in [0.717, 1.165) is 11.1 Å². The van der Waals surface area contributed by atoms with Crippen LogP contribution in [0, 0.1) is 11.8 Å². The number of nitrogens with one attached hydrogen (secondary N) is 1. The molecule has 1 aromatic carbocycles. The number of carbonyl (C=O) groups excluding carboxylic acids is 2. The summed E-state index contributed by atoms with van der Waals surface area (Å²) in [7, 11) is 1.62. The summed E-state index contributed by atoms with van der Waals surface area (Å²) >= 11 is 1.61. The molecule has 7 heteroatoms. The van der Waals surface area contributed by atoms with Crippen LogP contribution >= 0.6 is 11.3 Å². The number of hydrogen-bond acceptors (Lipinski definition) is 5. The summed E-state index contributed by atoms with van der Waals surface area (Å²) in [4.78, 5) is 47.5. The van der Waals surface area contributed by atoms with Crippen LogP contribution in [0.4, 0.5) is 5.69 Å². The van der Waals surface area contributed by atoms with Crippen LogP contribution < -0.4 is 10.5 Å². The van der Waals surface area contributed by atoms with Crippen LogP contribution in [0.5, 0.6) is 0 Å². The monoisotopic (exact) mass is 433 g/mol. The molecule has 0 saturated carbocycles. The molecule has 1 aliphatic rings. The zero-order valence-corrected chi connectivity index (χ0v) is 18.3. The Hall–Kier alpha value is -3.32. The Kier molecular flexibility index (Phi) is 5.69. The molecule has 6 nitrogen and oxygen atoms in total. The minimum Gasteiger partial charge on any atom is -0.329 e. The van der Waals surface area contributed by atoms with Gasteiger partial charge in [-0.1, -0.05) is 26.0 Å². The lowest BCUT2D eigenvalue weighted by molar-refractivity contribution is -0.134. The Morgan fingerprint density at radius 1 is 1.06 bits per heavy atom. The lowest BCUT2D eigenvalue weighted by atomic mass is 9.84. The largest absolute Gasteiger partial charge is 0.329 e. The quantitative estimate of drug-likeness (QED) is 0.486. The second kappa shape index (κ2) is 8.43. The highest BCUT2D eigenvalue weighted by molar-refractivity contribution is 7.08. The fourth-order valence-corrected chi connectivity index (χ4v) is 4.90. The molecule has 2 aromatic heterocycles. The highest BCUT2D eigenvalue weighted by Crippen LogP contribution is 2.41. The van der Waals surface area contributed by atoms with Crippen molar-refractivity contribution in [1.29, 1.82) is 0 Å². The standard InChI is InChI=1S/C24H23N3O3S/c1-14(2)20(25-3)19-21(18-5-4-11-26-23(18)29)27(24(30)22(19)28)17-8-6-15(7-9-17)16-10-12-31-13-16/h4-14,19,21H,1-3H3,(H,26,29). The van der Waals surface area contributed by atoms with Crippen molar-refractivity contribution in [2.24, 2.45) is 16.8 Å². The number of H-pyrrole nitrogens is 1. The Morgan fingerprint density at radius 2 is 1.81 bits per heavy atom. The van der Waals surface area contributed by atoms with E-state index in [-0.39, 0.29) is 11.5 Å². The Balaban J connectivity index is 1.85. The van der Waals surface area contributed by atoms with Crippen molar-refractivity contribution >= 4 is 34.4 Å². The number of benzene rings is 1. The number of carbonyl (C=O) groups is 2. The summed E-state index contributed by atoms with van der Waals surface area (Å²) < 4.78 is 0. The molecule has 2 atom stereocenters. The first kappa shape index (κ1) is 20.9. The molecule has 0 radical (unpaired) electrons. The minimum atomic E-state index is -0.808. The first-order valence-corrected chi connectivity index (χ1v) is 11.0. The maximum Gasteiger partial charge on any atom is 0.295 e. The Morgan fingerprint density at radius 3 is 2.39 bits per heavy atom. The average Bonchev–Trinajstić information content (AvgIpc) is 3.38.